The van der Waals surface area contributed by atoms with E-state index < -0.39 is 0 Å². The number of likely N-dealkylation sites (tertiary alicyclic amines) is 1. The Kier molecular flexibility index (Phi) is 6.65. The minimum atomic E-state index is -0.0638. The second-order valence-corrected chi connectivity index (χ2v) is 5.12. The summed E-state index contributed by atoms with van der Waals surface area (Å²) < 4.78 is 5.11. The van der Waals surface area contributed by atoms with Crippen LogP contribution in [0.1, 0.15) is 46.5 Å². The number of nitrogens with zero attached hydrogens (tertiary/aromatic N) is 1. The highest BCUT2D eigenvalue weighted by Gasteiger charge is 2.35. The third kappa shape index (κ3) is 4.58. The summed E-state index contributed by atoms with van der Waals surface area (Å²) in [5.74, 6) is -0.0638. The van der Waals surface area contributed by atoms with E-state index in [2.05, 4.69) is 24.1 Å². The van der Waals surface area contributed by atoms with Crippen molar-refractivity contribution in [3.63, 3.8) is 0 Å². The highest BCUT2D eigenvalue weighted by Crippen LogP contribution is 2.26. The average molecular weight is 256 g/mol. The van der Waals surface area contributed by atoms with E-state index in [-0.39, 0.29) is 11.5 Å². The predicted octanol–water partition coefficient (Wildman–Crippen LogP) is 1.79. The molecular formula is C14H28N2O2. The van der Waals surface area contributed by atoms with E-state index >= 15 is 0 Å². The standard InChI is InChI=1S/C14H28N2O2/c1-4-9-15-14(12-13(17)18-6-3)7-10-16(5-2)11-8-14/h15H,4-12H2,1-3H3. The van der Waals surface area contributed by atoms with Crippen molar-refractivity contribution in [1.82, 2.24) is 10.2 Å². The van der Waals surface area contributed by atoms with Gasteiger partial charge in [-0.05, 0) is 52.4 Å². The summed E-state index contributed by atoms with van der Waals surface area (Å²) >= 11 is 0. The van der Waals surface area contributed by atoms with Gasteiger partial charge < -0.3 is 15.0 Å². The molecule has 0 aromatic carbocycles. The van der Waals surface area contributed by atoms with Gasteiger partial charge in [0.05, 0.1) is 13.0 Å². The molecule has 0 unspecified atom stereocenters. The number of piperidine rings is 1. The van der Waals surface area contributed by atoms with Crippen LogP contribution in [0.5, 0.6) is 0 Å². The molecule has 1 saturated heterocycles. The molecule has 0 aliphatic carbocycles. The summed E-state index contributed by atoms with van der Waals surface area (Å²) in [5, 5.41) is 3.59. The van der Waals surface area contributed by atoms with Gasteiger partial charge in [0.2, 0.25) is 0 Å². The third-order valence-electron chi connectivity index (χ3n) is 3.80. The van der Waals surface area contributed by atoms with Crippen molar-refractivity contribution in [1.29, 1.82) is 0 Å². The number of hydrogen-bond donors (Lipinski definition) is 1. The van der Waals surface area contributed by atoms with Crippen LogP contribution in [0, 0.1) is 0 Å². The molecular weight excluding hydrogens is 228 g/mol. The fourth-order valence-electron chi connectivity index (χ4n) is 2.59. The van der Waals surface area contributed by atoms with Crippen molar-refractivity contribution in [2.45, 2.75) is 52.0 Å². The van der Waals surface area contributed by atoms with Crippen LogP contribution >= 0.6 is 0 Å². The number of carbonyl (C=O) groups excluding carboxylic acids is 1. The Morgan fingerprint density at radius 2 is 1.94 bits per heavy atom. The predicted molar refractivity (Wildman–Crippen MR) is 73.6 cm³/mol. The molecule has 0 spiro atoms. The fraction of sp³-hybridized carbons (Fsp3) is 0.929. The molecule has 0 saturated carbocycles. The topological polar surface area (TPSA) is 41.6 Å². The van der Waals surface area contributed by atoms with E-state index in [9.17, 15) is 4.79 Å². The van der Waals surface area contributed by atoms with E-state index in [1.165, 1.54) is 0 Å². The lowest BCUT2D eigenvalue weighted by Crippen LogP contribution is -2.54. The Balaban J connectivity index is 2.56. The molecule has 1 N–H and O–H groups in total. The van der Waals surface area contributed by atoms with Crippen LogP contribution in [-0.4, -0.2) is 49.2 Å². The first kappa shape index (κ1) is 15.4. The van der Waals surface area contributed by atoms with E-state index in [1.54, 1.807) is 0 Å². The number of carbonyl (C=O) groups is 1. The molecule has 4 heteroatoms. The second-order valence-electron chi connectivity index (χ2n) is 5.12. The Labute approximate surface area is 111 Å². The SMILES string of the molecule is CCCNC1(CC(=O)OCC)CCN(CC)CC1. The summed E-state index contributed by atoms with van der Waals surface area (Å²) in [6, 6.07) is 0. The Morgan fingerprint density at radius 3 is 2.44 bits per heavy atom. The van der Waals surface area contributed by atoms with Gasteiger partial charge in [-0.1, -0.05) is 13.8 Å². The van der Waals surface area contributed by atoms with Gasteiger partial charge in [-0.25, -0.2) is 0 Å². The van der Waals surface area contributed by atoms with Crippen molar-refractivity contribution < 1.29 is 9.53 Å². The molecule has 0 amide bonds. The van der Waals surface area contributed by atoms with Crippen LogP contribution in [0.3, 0.4) is 0 Å². The lowest BCUT2D eigenvalue weighted by Gasteiger charge is -2.42. The first-order valence-electron chi connectivity index (χ1n) is 7.28. The van der Waals surface area contributed by atoms with Gasteiger partial charge in [-0.2, -0.15) is 0 Å². The molecule has 1 aliphatic rings. The molecule has 106 valence electrons. The zero-order valence-corrected chi connectivity index (χ0v) is 12.1. The highest BCUT2D eigenvalue weighted by atomic mass is 16.5. The average Bonchev–Trinajstić information content (AvgIpc) is 2.38. The first-order valence-corrected chi connectivity index (χ1v) is 7.28. The number of esters is 1. The van der Waals surface area contributed by atoms with Crippen molar-refractivity contribution in [2.24, 2.45) is 0 Å². The van der Waals surface area contributed by atoms with Gasteiger partial charge in [0.1, 0.15) is 0 Å². The molecule has 0 bridgehead atoms. The van der Waals surface area contributed by atoms with Gasteiger partial charge >= 0.3 is 5.97 Å². The molecule has 1 rings (SSSR count). The summed E-state index contributed by atoms with van der Waals surface area (Å²) in [6.07, 6.45) is 3.69. The van der Waals surface area contributed by atoms with Crippen LogP contribution in [-0.2, 0) is 9.53 Å². The molecule has 1 heterocycles. The normalized spacial score (nSPS) is 19.7. The van der Waals surface area contributed by atoms with Crippen molar-refractivity contribution in [3.05, 3.63) is 0 Å². The lowest BCUT2D eigenvalue weighted by atomic mass is 9.84. The van der Waals surface area contributed by atoms with E-state index in [4.69, 9.17) is 4.74 Å². The maximum absolute atomic E-state index is 11.8. The first-order chi connectivity index (χ1) is 8.65. The van der Waals surface area contributed by atoms with Gasteiger partial charge in [-0.3, -0.25) is 4.79 Å². The number of hydrogen-bond acceptors (Lipinski definition) is 4. The van der Waals surface area contributed by atoms with Crippen molar-refractivity contribution in [2.75, 3.05) is 32.8 Å². The van der Waals surface area contributed by atoms with Crippen LogP contribution < -0.4 is 5.32 Å². The van der Waals surface area contributed by atoms with Crippen molar-refractivity contribution >= 4 is 5.97 Å². The molecule has 0 aromatic heterocycles. The molecule has 1 fully saturated rings. The maximum Gasteiger partial charge on any atom is 0.307 e. The quantitative estimate of drug-likeness (QED) is 0.705. The van der Waals surface area contributed by atoms with E-state index in [0.717, 1.165) is 45.4 Å². The summed E-state index contributed by atoms with van der Waals surface area (Å²) in [5.41, 5.74) is -0.0338. The van der Waals surface area contributed by atoms with Gasteiger partial charge in [0, 0.05) is 5.54 Å². The Bertz CT molecular complexity index is 248. The van der Waals surface area contributed by atoms with Gasteiger partial charge in [0.25, 0.3) is 0 Å². The van der Waals surface area contributed by atoms with Gasteiger partial charge in [0.15, 0.2) is 0 Å². The molecule has 0 aromatic rings. The van der Waals surface area contributed by atoms with Gasteiger partial charge in [-0.15, -0.1) is 0 Å². The van der Waals surface area contributed by atoms with E-state index in [1.807, 2.05) is 6.92 Å². The minimum Gasteiger partial charge on any atom is -0.466 e. The largest absolute Gasteiger partial charge is 0.466 e. The van der Waals surface area contributed by atoms with Crippen LogP contribution in [0.15, 0.2) is 0 Å². The summed E-state index contributed by atoms with van der Waals surface area (Å²) in [6.45, 7) is 10.9. The molecule has 0 radical (unpaired) electrons. The second kappa shape index (κ2) is 7.74. The zero-order chi connectivity index (χ0) is 13.4. The van der Waals surface area contributed by atoms with E-state index in [0.29, 0.717) is 13.0 Å². The smallest absolute Gasteiger partial charge is 0.307 e. The van der Waals surface area contributed by atoms with Crippen LogP contribution in [0.25, 0.3) is 0 Å². The Hall–Kier alpha value is -0.610. The molecule has 4 nitrogen and oxygen atoms in total. The summed E-state index contributed by atoms with van der Waals surface area (Å²) in [4.78, 5) is 14.2. The Morgan fingerprint density at radius 1 is 1.28 bits per heavy atom. The van der Waals surface area contributed by atoms with Crippen LogP contribution in [0.2, 0.25) is 0 Å². The lowest BCUT2D eigenvalue weighted by molar-refractivity contribution is -0.145. The highest BCUT2D eigenvalue weighted by molar-refractivity contribution is 5.71. The summed E-state index contributed by atoms with van der Waals surface area (Å²) in [7, 11) is 0. The minimum absolute atomic E-state index is 0.0338. The maximum atomic E-state index is 11.8. The third-order valence-corrected chi connectivity index (χ3v) is 3.80. The number of ether oxygens (including phenoxy) is 1. The van der Waals surface area contributed by atoms with Crippen LogP contribution in [0.4, 0.5) is 0 Å². The fourth-order valence-corrected chi connectivity index (χ4v) is 2.59. The molecule has 1 aliphatic heterocycles. The van der Waals surface area contributed by atoms with Crippen molar-refractivity contribution in [3.8, 4) is 0 Å². The molecule has 18 heavy (non-hydrogen) atoms. The number of rotatable bonds is 7. The zero-order valence-electron chi connectivity index (χ0n) is 12.1. The monoisotopic (exact) mass is 256 g/mol. The molecule has 0 atom stereocenters. The number of nitrogens with one attached hydrogen (secondary N) is 1.